The zero-order valence-electron chi connectivity index (χ0n) is 11.7. The van der Waals surface area contributed by atoms with Crippen LogP contribution < -0.4 is 5.73 Å². The highest BCUT2D eigenvalue weighted by molar-refractivity contribution is 5.85. The maximum atomic E-state index is 12.0. The van der Waals surface area contributed by atoms with E-state index in [9.17, 15) is 4.79 Å². The van der Waals surface area contributed by atoms with Gasteiger partial charge in [-0.3, -0.25) is 9.69 Å². The molecule has 0 aromatic carbocycles. The van der Waals surface area contributed by atoms with Gasteiger partial charge >= 0.3 is 0 Å². The molecule has 1 aliphatic heterocycles. The molecule has 1 heterocycles. The van der Waals surface area contributed by atoms with Crippen molar-refractivity contribution in [1.29, 1.82) is 0 Å². The van der Waals surface area contributed by atoms with Gasteiger partial charge in [0.15, 0.2) is 0 Å². The molecule has 114 valence electrons. The lowest BCUT2D eigenvalue weighted by molar-refractivity contribution is -0.136. The molecule has 2 aliphatic rings. The Morgan fingerprint density at radius 1 is 1.16 bits per heavy atom. The number of amides is 1. The van der Waals surface area contributed by atoms with Crippen molar-refractivity contribution in [2.24, 2.45) is 11.7 Å². The van der Waals surface area contributed by atoms with Gasteiger partial charge in [0.25, 0.3) is 0 Å². The highest BCUT2D eigenvalue weighted by Gasteiger charge is 2.28. The first-order valence-electron chi connectivity index (χ1n) is 6.95. The molecule has 2 rings (SSSR count). The number of carbonyl (C=O) groups excluding carboxylic acids is 1. The van der Waals surface area contributed by atoms with Gasteiger partial charge in [-0.15, -0.1) is 24.8 Å². The standard InChI is InChI=1S/C13H25N3O.2ClH/c1-11(10-14)13(17)16-8-6-15(7-9-16)12-4-2-3-5-12;;/h11-12H,2-10,14H2,1H3;2*1H. The normalized spacial score (nSPS) is 22.5. The van der Waals surface area contributed by atoms with Crippen molar-refractivity contribution < 1.29 is 4.79 Å². The van der Waals surface area contributed by atoms with Crippen LogP contribution in [-0.2, 0) is 4.79 Å². The summed E-state index contributed by atoms with van der Waals surface area (Å²) in [6.07, 6.45) is 5.47. The molecule has 0 aromatic rings. The van der Waals surface area contributed by atoms with Gasteiger partial charge in [-0.05, 0) is 12.8 Å². The first kappa shape index (κ1) is 19.0. The van der Waals surface area contributed by atoms with Crippen LogP contribution in [0.4, 0.5) is 0 Å². The second kappa shape index (κ2) is 9.01. The Kier molecular flexibility index (Phi) is 8.99. The summed E-state index contributed by atoms with van der Waals surface area (Å²) >= 11 is 0. The molecular formula is C13H27Cl2N3O. The molecule has 0 bridgehead atoms. The minimum atomic E-state index is -0.0203. The number of hydrogen-bond donors (Lipinski definition) is 1. The summed E-state index contributed by atoms with van der Waals surface area (Å²) in [5, 5.41) is 0. The van der Waals surface area contributed by atoms with Crippen LogP contribution in [0.5, 0.6) is 0 Å². The Labute approximate surface area is 128 Å². The lowest BCUT2D eigenvalue weighted by Gasteiger charge is -2.38. The molecule has 4 nitrogen and oxygen atoms in total. The van der Waals surface area contributed by atoms with E-state index >= 15 is 0 Å². The van der Waals surface area contributed by atoms with Gasteiger partial charge in [-0.1, -0.05) is 19.8 Å². The fourth-order valence-electron chi connectivity index (χ4n) is 2.99. The third-order valence-electron chi connectivity index (χ3n) is 4.24. The van der Waals surface area contributed by atoms with Gasteiger partial charge in [0.05, 0.1) is 0 Å². The summed E-state index contributed by atoms with van der Waals surface area (Å²) in [5.41, 5.74) is 5.55. The minimum Gasteiger partial charge on any atom is -0.340 e. The molecule has 1 aliphatic carbocycles. The molecule has 0 aromatic heterocycles. The van der Waals surface area contributed by atoms with E-state index in [0.29, 0.717) is 6.54 Å². The van der Waals surface area contributed by atoms with Crippen LogP contribution in [0.1, 0.15) is 32.6 Å². The second-order valence-electron chi connectivity index (χ2n) is 5.44. The van der Waals surface area contributed by atoms with E-state index in [4.69, 9.17) is 5.73 Å². The maximum Gasteiger partial charge on any atom is 0.226 e. The molecule has 19 heavy (non-hydrogen) atoms. The smallest absolute Gasteiger partial charge is 0.226 e. The zero-order valence-corrected chi connectivity index (χ0v) is 13.3. The van der Waals surface area contributed by atoms with Crippen LogP contribution >= 0.6 is 24.8 Å². The summed E-state index contributed by atoms with van der Waals surface area (Å²) in [4.78, 5) is 16.5. The minimum absolute atomic E-state index is 0. The quantitative estimate of drug-likeness (QED) is 0.859. The van der Waals surface area contributed by atoms with Crippen LogP contribution in [-0.4, -0.2) is 54.5 Å². The number of piperazine rings is 1. The van der Waals surface area contributed by atoms with Gasteiger partial charge in [0.2, 0.25) is 5.91 Å². The number of carbonyl (C=O) groups is 1. The fourth-order valence-corrected chi connectivity index (χ4v) is 2.99. The van der Waals surface area contributed by atoms with Crippen LogP contribution in [0.25, 0.3) is 0 Å². The van der Waals surface area contributed by atoms with Crippen LogP contribution in [0.2, 0.25) is 0 Å². The summed E-state index contributed by atoms with van der Waals surface area (Å²) in [7, 11) is 0. The van der Waals surface area contributed by atoms with Crippen molar-refractivity contribution in [3.63, 3.8) is 0 Å². The summed E-state index contributed by atoms with van der Waals surface area (Å²) in [5.74, 6) is 0.214. The van der Waals surface area contributed by atoms with E-state index < -0.39 is 0 Å². The Bertz CT molecular complexity index is 265. The Morgan fingerprint density at radius 2 is 1.68 bits per heavy atom. The first-order chi connectivity index (χ1) is 8.22. The lowest BCUT2D eigenvalue weighted by atomic mass is 10.1. The molecule has 2 N–H and O–H groups in total. The van der Waals surface area contributed by atoms with Crippen molar-refractivity contribution in [2.45, 2.75) is 38.6 Å². The molecule has 1 amide bonds. The highest BCUT2D eigenvalue weighted by Crippen LogP contribution is 2.24. The Hall–Kier alpha value is -0.0300. The van der Waals surface area contributed by atoms with Crippen molar-refractivity contribution in [1.82, 2.24) is 9.80 Å². The van der Waals surface area contributed by atoms with Crippen LogP contribution in [0.15, 0.2) is 0 Å². The maximum absolute atomic E-state index is 12.0. The summed E-state index contributed by atoms with van der Waals surface area (Å²) in [6, 6.07) is 0.791. The van der Waals surface area contributed by atoms with Crippen molar-refractivity contribution in [3.05, 3.63) is 0 Å². The van der Waals surface area contributed by atoms with E-state index in [-0.39, 0.29) is 36.6 Å². The van der Waals surface area contributed by atoms with Crippen molar-refractivity contribution >= 4 is 30.7 Å². The molecule has 1 saturated carbocycles. The third-order valence-corrected chi connectivity index (χ3v) is 4.24. The lowest BCUT2D eigenvalue weighted by Crippen LogP contribution is -2.53. The third kappa shape index (κ3) is 4.78. The van der Waals surface area contributed by atoms with E-state index in [1.54, 1.807) is 0 Å². The van der Waals surface area contributed by atoms with E-state index in [1.807, 2.05) is 11.8 Å². The molecule has 0 spiro atoms. The number of rotatable bonds is 3. The molecule has 1 unspecified atom stereocenters. The van der Waals surface area contributed by atoms with E-state index in [1.165, 1.54) is 25.7 Å². The number of nitrogens with two attached hydrogens (primary N) is 1. The Morgan fingerprint density at radius 3 is 2.16 bits per heavy atom. The molecular weight excluding hydrogens is 285 g/mol. The number of nitrogens with zero attached hydrogens (tertiary/aromatic N) is 2. The van der Waals surface area contributed by atoms with Crippen molar-refractivity contribution in [3.8, 4) is 0 Å². The molecule has 6 heteroatoms. The fraction of sp³-hybridized carbons (Fsp3) is 0.923. The van der Waals surface area contributed by atoms with Gasteiger partial charge in [0, 0.05) is 44.7 Å². The summed E-state index contributed by atoms with van der Waals surface area (Å²) in [6.45, 7) is 6.26. The first-order valence-corrected chi connectivity index (χ1v) is 6.95. The van der Waals surface area contributed by atoms with Crippen molar-refractivity contribution in [2.75, 3.05) is 32.7 Å². The zero-order chi connectivity index (χ0) is 12.3. The molecule has 1 saturated heterocycles. The van der Waals surface area contributed by atoms with E-state index in [0.717, 1.165) is 32.2 Å². The van der Waals surface area contributed by atoms with Gasteiger partial charge < -0.3 is 10.6 Å². The molecule has 2 fully saturated rings. The van der Waals surface area contributed by atoms with E-state index in [2.05, 4.69) is 4.90 Å². The van der Waals surface area contributed by atoms with Crippen LogP contribution in [0, 0.1) is 5.92 Å². The monoisotopic (exact) mass is 311 g/mol. The highest BCUT2D eigenvalue weighted by atomic mass is 35.5. The molecule has 1 atom stereocenters. The SMILES string of the molecule is CC(CN)C(=O)N1CCN(C2CCCC2)CC1.Cl.Cl. The largest absolute Gasteiger partial charge is 0.340 e. The Balaban J connectivity index is 0.00000162. The van der Waals surface area contributed by atoms with Crippen LogP contribution in [0.3, 0.4) is 0 Å². The average molecular weight is 312 g/mol. The second-order valence-corrected chi connectivity index (χ2v) is 5.44. The van der Waals surface area contributed by atoms with Gasteiger partial charge in [0.1, 0.15) is 0 Å². The molecule has 0 radical (unpaired) electrons. The van der Waals surface area contributed by atoms with Gasteiger partial charge in [-0.2, -0.15) is 0 Å². The summed E-state index contributed by atoms with van der Waals surface area (Å²) < 4.78 is 0. The topological polar surface area (TPSA) is 49.6 Å². The average Bonchev–Trinajstić information content (AvgIpc) is 2.91. The number of hydrogen-bond acceptors (Lipinski definition) is 3. The predicted molar refractivity (Wildman–Crippen MR) is 83.1 cm³/mol. The number of halogens is 2. The predicted octanol–water partition coefficient (Wildman–Crippen LogP) is 1.51. The van der Waals surface area contributed by atoms with Gasteiger partial charge in [-0.25, -0.2) is 0 Å².